The Bertz CT molecular complexity index is 691. The molecule has 2 aliphatic heterocycles. The van der Waals surface area contributed by atoms with Crippen molar-refractivity contribution < 1.29 is 19.0 Å². The number of unbranched alkanes of at least 4 members (excludes halogenated alkanes) is 1. The first-order valence-corrected chi connectivity index (χ1v) is 8.36. The van der Waals surface area contributed by atoms with Crippen molar-refractivity contribution in [2.24, 2.45) is 11.8 Å². The van der Waals surface area contributed by atoms with E-state index in [0.29, 0.717) is 0 Å². The minimum absolute atomic E-state index is 0.0830. The Morgan fingerprint density at radius 1 is 1.09 bits per heavy atom. The zero-order chi connectivity index (χ0) is 16.1. The van der Waals surface area contributed by atoms with Gasteiger partial charge in [0.15, 0.2) is 5.78 Å². The van der Waals surface area contributed by atoms with Gasteiger partial charge in [0.2, 0.25) is 0 Å². The largest absolute Gasteiger partial charge is 0.496 e. The van der Waals surface area contributed by atoms with Crippen LogP contribution >= 0.6 is 0 Å². The van der Waals surface area contributed by atoms with Crippen LogP contribution in [0.15, 0.2) is 23.8 Å². The molecule has 2 bridgehead atoms. The molecule has 1 saturated heterocycles. The second-order valence-electron chi connectivity index (χ2n) is 6.54. The van der Waals surface area contributed by atoms with Gasteiger partial charge < -0.3 is 14.2 Å². The average Bonchev–Trinajstić information content (AvgIpc) is 3.22. The standard InChI is InChI=1S/C19H22O4/c1-4-5-6-10-9-11-14(17(10)20)19-16-13(22-3)8-7-12(21-2)15(16)18(11)23-19/h7-9,11,14,18-19H,4-6H2,1-3H3/t11-,14-,18-,19+/m1/s1. The lowest BCUT2D eigenvalue weighted by atomic mass is 9.76. The maximum atomic E-state index is 12.8. The zero-order valence-corrected chi connectivity index (χ0v) is 13.8. The van der Waals surface area contributed by atoms with Crippen molar-refractivity contribution in [1.82, 2.24) is 0 Å². The molecular formula is C19H22O4. The van der Waals surface area contributed by atoms with Crippen LogP contribution in [0.5, 0.6) is 11.5 Å². The average molecular weight is 314 g/mol. The number of ketones is 1. The van der Waals surface area contributed by atoms with Crippen LogP contribution in [-0.2, 0) is 9.53 Å². The van der Waals surface area contributed by atoms with Gasteiger partial charge in [0.1, 0.15) is 11.5 Å². The summed E-state index contributed by atoms with van der Waals surface area (Å²) < 4.78 is 17.2. The molecule has 4 atom stereocenters. The van der Waals surface area contributed by atoms with Crippen molar-refractivity contribution in [2.45, 2.75) is 38.4 Å². The van der Waals surface area contributed by atoms with Crippen molar-refractivity contribution in [3.8, 4) is 11.5 Å². The number of carbonyl (C=O) groups is 1. The van der Waals surface area contributed by atoms with E-state index in [9.17, 15) is 4.79 Å². The Morgan fingerprint density at radius 2 is 1.74 bits per heavy atom. The van der Waals surface area contributed by atoms with Crippen LogP contribution in [-0.4, -0.2) is 20.0 Å². The van der Waals surface area contributed by atoms with E-state index >= 15 is 0 Å². The SMILES string of the molecule is CCCCC1=C[C@@H]2[C@H](C1=O)[C@@H]1O[C@H]2c2c(OC)ccc(OC)c21. The van der Waals surface area contributed by atoms with E-state index < -0.39 is 0 Å². The molecule has 4 heteroatoms. The number of hydrogen-bond acceptors (Lipinski definition) is 4. The van der Waals surface area contributed by atoms with Crippen LogP contribution in [0, 0.1) is 11.8 Å². The Morgan fingerprint density at radius 3 is 2.35 bits per heavy atom. The molecule has 122 valence electrons. The zero-order valence-electron chi connectivity index (χ0n) is 13.8. The molecule has 3 aliphatic rings. The maximum Gasteiger partial charge on any atom is 0.165 e. The molecule has 0 radical (unpaired) electrons. The molecule has 0 spiro atoms. The van der Waals surface area contributed by atoms with Gasteiger partial charge in [-0.15, -0.1) is 0 Å². The Hall–Kier alpha value is -1.81. The Kier molecular flexibility index (Phi) is 3.45. The topological polar surface area (TPSA) is 44.8 Å². The number of rotatable bonds is 5. The van der Waals surface area contributed by atoms with E-state index in [0.717, 1.165) is 47.5 Å². The normalized spacial score (nSPS) is 30.2. The first kappa shape index (κ1) is 14.8. The van der Waals surface area contributed by atoms with Crippen LogP contribution in [0.3, 0.4) is 0 Å². The van der Waals surface area contributed by atoms with Crippen molar-refractivity contribution in [3.63, 3.8) is 0 Å². The second-order valence-corrected chi connectivity index (χ2v) is 6.54. The minimum Gasteiger partial charge on any atom is -0.496 e. The van der Waals surface area contributed by atoms with Gasteiger partial charge in [0.05, 0.1) is 32.3 Å². The molecule has 0 aromatic heterocycles. The fraction of sp³-hybridized carbons (Fsp3) is 0.526. The second kappa shape index (κ2) is 5.38. The van der Waals surface area contributed by atoms with Gasteiger partial charge in [-0.2, -0.15) is 0 Å². The molecule has 4 rings (SSSR count). The van der Waals surface area contributed by atoms with E-state index in [4.69, 9.17) is 14.2 Å². The fourth-order valence-electron chi connectivity index (χ4n) is 4.38. The molecule has 1 aromatic rings. The van der Waals surface area contributed by atoms with E-state index in [1.54, 1.807) is 14.2 Å². The number of ether oxygens (including phenoxy) is 3. The predicted octanol–water partition coefficient (Wildman–Crippen LogP) is 3.76. The number of benzene rings is 1. The summed E-state index contributed by atoms with van der Waals surface area (Å²) in [7, 11) is 3.33. The van der Waals surface area contributed by atoms with E-state index in [1.165, 1.54) is 0 Å². The highest BCUT2D eigenvalue weighted by Gasteiger charge is 2.59. The van der Waals surface area contributed by atoms with Crippen LogP contribution in [0.1, 0.15) is 49.5 Å². The third-order valence-corrected chi connectivity index (χ3v) is 5.41. The lowest BCUT2D eigenvalue weighted by molar-refractivity contribution is -0.120. The predicted molar refractivity (Wildman–Crippen MR) is 85.7 cm³/mol. The summed E-state index contributed by atoms with van der Waals surface area (Å²) in [6.07, 6.45) is 4.92. The van der Waals surface area contributed by atoms with E-state index in [-0.39, 0.29) is 29.8 Å². The van der Waals surface area contributed by atoms with Crippen molar-refractivity contribution >= 4 is 5.78 Å². The molecule has 0 saturated carbocycles. The quantitative estimate of drug-likeness (QED) is 0.830. The molecular weight excluding hydrogens is 292 g/mol. The molecule has 0 N–H and O–H groups in total. The van der Waals surface area contributed by atoms with Gasteiger partial charge in [0.25, 0.3) is 0 Å². The maximum absolute atomic E-state index is 12.8. The van der Waals surface area contributed by atoms with Gasteiger partial charge in [-0.1, -0.05) is 19.4 Å². The smallest absolute Gasteiger partial charge is 0.165 e. The Balaban J connectivity index is 1.76. The highest BCUT2D eigenvalue weighted by Crippen LogP contribution is 2.64. The van der Waals surface area contributed by atoms with Gasteiger partial charge >= 0.3 is 0 Å². The van der Waals surface area contributed by atoms with Crippen molar-refractivity contribution in [3.05, 3.63) is 34.9 Å². The van der Waals surface area contributed by atoms with E-state index in [1.807, 2.05) is 12.1 Å². The van der Waals surface area contributed by atoms with Gasteiger partial charge in [-0.05, 0) is 30.5 Å². The summed E-state index contributed by atoms with van der Waals surface area (Å²) in [5, 5.41) is 0. The number of fused-ring (bicyclic) bond motifs is 8. The summed E-state index contributed by atoms with van der Waals surface area (Å²) in [6, 6.07) is 3.83. The summed E-state index contributed by atoms with van der Waals surface area (Å²) in [5.41, 5.74) is 3.07. The van der Waals surface area contributed by atoms with Gasteiger partial charge in [-0.3, -0.25) is 4.79 Å². The summed E-state index contributed by atoms with van der Waals surface area (Å²) in [6.45, 7) is 2.15. The molecule has 1 aromatic carbocycles. The van der Waals surface area contributed by atoms with Gasteiger partial charge in [-0.25, -0.2) is 0 Å². The number of methoxy groups -OCH3 is 2. The minimum atomic E-state index is -0.201. The molecule has 1 aliphatic carbocycles. The summed E-state index contributed by atoms with van der Waals surface area (Å²) in [5.74, 6) is 1.95. The van der Waals surface area contributed by atoms with Crippen molar-refractivity contribution in [2.75, 3.05) is 14.2 Å². The first-order chi connectivity index (χ1) is 11.2. The molecule has 4 nitrogen and oxygen atoms in total. The summed E-state index contributed by atoms with van der Waals surface area (Å²) >= 11 is 0. The number of hydrogen-bond donors (Lipinski definition) is 0. The van der Waals surface area contributed by atoms with Crippen LogP contribution in [0.2, 0.25) is 0 Å². The lowest BCUT2D eigenvalue weighted by Gasteiger charge is -2.25. The van der Waals surface area contributed by atoms with Crippen LogP contribution in [0.4, 0.5) is 0 Å². The highest BCUT2D eigenvalue weighted by molar-refractivity contribution is 6.01. The fourth-order valence-corrected chi connectivity index (χ4v) is 4.38. The number of allylic oxidation sites excluding steroid dienone is 1. The third-order valence-electron chi connectivity index (χ3n) is 5.41. The van der Waals surface area contributed by atoms with Crippen molar-refractivity contribution in [1.29, 1.82) is 0 Å². The highest BCUT2D eigenvalue weighted by atomic mass is 16.5. The molecule has 2 heterocycles. The first-order valence-electron chi connectivity index (χ1n) is 8.36. The van der Waals surface area contributed by atoms with Gasteiger partial charge in [0, 0.05) is 17.0 Å². The molecule has 1 fully saturated rings. The molecule has 0 amide bonds. The third kappa shape index (κ3) is 1.91. The molecule has 23 heavy (non-hydrogen) atoms. The number of carbonyl (C=O) groups excluding carboxylic acids is 1. The van der Waals surface area contributed by atoms with Crippen LogP contribution < -0.4 is 9.47 Å². The molecule has 0 unspecified atom stereocenters. The van der Waals surface area contributed by atoms with Crippen LogP contribution in [0.25, 0.3) is 0 Å². The monoisotopic (exact) mass is 314 g/mol. The van der Waals surface area contributed by atoms with E-state index in [2.05, 4.69) is 13.0 Å². The lowest BCUT2D eigenvalue weighted by Crippen LogP contribution is -2.24. The summed E-state index contributed by atoms with van der Waals surface area (Å²) in [4.78, 5) is 12.8. The Labute approximate surface area is 136 Å². The number of Topliss-reactive ketones (excluding diaryl/α,β-unsaturated/α-hetero) is 1.